The normalized spacial score (nSPS) is 23.0. The molecule has 1 aliphatic carbocycles. The van der Waals surface area contributed by atoms with Gasteiger partial charge in [-0.15, -0.1) is 0 Å². The molecule has 1 unspecified atom stereocenters. The molecule has 1 heterocycles. The van der Waals surface area contributed by atoms with Crippen LogP contribution in [0.25, 0.3) is 0 Å². The number of nitrogens with zero attached hydrogens (tertiary/aromatic N) is 1. The molecule has 1 saturated heterocycles. The maximum atomic E-state index is 12.6. The van der Waals surface area contributed by atoms with E-state index in [2.05, 4.69) is 5.32 Å². The zero-order valence-corrected chi connectivity index (χ0v) is 14.6. The summed E-state index contributed by atoms with van der Waals surface area (Å²) >= 11 is 0. The number of hydrogen-bond acceptors (Lipinski definition) is 2. The maximum absolute atomic E-state index is 12.6. The van der Waals surface area contributed by atoms with E-state index in [1.807, 2.05) is 31.2 Å². The van der Waals surface area contributed by atoms with Crippen molar-refractivity contribution in [3.05, 3.63) is 29.8 Å². The van der Waals surface area contributed by atoms with Crippen molar-refractivity contribution >= 4 is 17.5 Å². The lowest BCUT2D eigenvalue weighted by Crippen LogP contribution is -2.40. The molecular weight excluding hydrogens is 300 g/mol. The van der Waals surface area contributed by atoms with Crippen molar-refractivity contribution in [3.63, 3.8) is 0 Å². The van der Waals surface area contributed by atoms with Gasteiger partial charge >= 0.3 is 0 Å². The van der Waals surface area contributed by atoms with Crippen LogP contribution in [0.5, 0.6) is 0 Å². The van der Waals surface area contributed by atoms with Gasteiger partial charge < -0.3 is 10.2 Å². The SMILES string of the molecule is Cc1cccc(N2CC(C(=O)NC3CCCCCCC3)CC2=O)c1. The summed E-state index contributed by atoms with van der Waals surface area (Å²) in [5, 5.41) is 3.21. The van der Waals surface area contributed by atoms with Gasteiger partial charge in [-0.05, 0) is 37.5 Å². The Morgan fingerprint density at radius 2 is 1.83 bits per heavy atom. The summed E-state index contributed by atoms with van der Waals surface area (Å²) in [6.45, 7) is 2.52. The summed E-state index contributed by atoms with van der Waals surface area (Å²) in [5.41, 5.74) is 2.03. The second-order valence-electron chi connectivity index (χ2n) is 7.30. The zero-order valence-electron chi connectivity index (χ0n) is 14.6. The monoisotopic (exact) mass is 328 g/mol. The number of amides is 2. The van der Waals surface area contributed by atoms with Crippen molar-refractivity contribution < 1.29 is 9.59 Å². The molecule has 0 spiro atoms. The van der Waals surface area contributed by atoms with Gasteiger partial charge in [0.05, 0.1) is 5.92 Å². The van der Waals surface area contributed by atoms with Crippen LogP contribution >= 0.6 is 0 Å². The van der Waals surface area contributed by atoms with Crippen LogP contribution in [0, 0.1) is 12.8 Å². The second-order valence-corrected chi connectivity index (χ2v) is 7.30. The van der Waals surface area contributed by atoms with Crippen molar-refractivity contribution in [2.75, 3.05) is 11.4 Å². The van der Waals surface area contributed by atoms with E-state index in [9.17, 15) is 9.59 Å². The van der Waals surface area contributed by atoms with Crippen LogP contribution in [-0.2, 0) is 9.59 Å². The third kappa shape index (κ3) is 4.16. The minimum atomic E-state index is -0.219. The highest BCUT2D eigenvalue weighted by Gasteiger charge is 2.35. The predicted octanol–water partition coefficient (Wildman–Crippen LogP) is 3.58. The Morgan fingerprint density at radius 3 is 2.54 bits per heavy atom. The lowest BCUT2D eigenvalue weighted by molar-refractivity contribution is -0.127. The Balaban J connectivity index is 1.59. The molecule has 0 radical (unpaired) electrons. The molecule has 4 nitrogen and oxygen atoms in total. The van der Waals surface area contributed by atoms with E-state index in [1.165, 1.54) is 32.1 Å². The number of carbonyl (C=O) groups is 2. The van der Waals surface area contributed by atoms with Gasteiger partial charge in [-0.1, -0.05) is 44.2 Å². The number of nitrogens with one attached hydrogen (secondary N) is 1. The Kier molecular flexibility index (Phi) is 5.54. The van der Waals surface area contributed by atoms with Gasteiger partial charge in [-0.3, -0.25) is 9.59 Å². The molecule has 4 heteroatoms. The Morgan fingerprint density at radius 1 is 1.12 bits per heavy atom. The molecule has 24 heavy (non-hydrogen) atoms. The number of carbonyl (C=O) groups excluding carboxylic acids is 2. The summed E-state index contributed by atoms with van der Waals surface area (Å²) in [6, 6.07) is 8.22. The fraction of sp³-hybridized carbons (Fsp3) is 0.600. The number of anilines is 1. The first-order chi connectivity index (χ1) is 11.6. The standard InChI is InChI=1S/C20H28N2O2/c1-15-8-7-11-18(12-15)22-14-16(13-19(22)23)20(24)21-17-9-5-3-2-4-6-10-17/h7-8,11-12,16-17H,2-6,9-10,13-14H2,1H3,(H,21,24). The van der Waals surface area contributed by atoms with E-state index in [-0.39, 0.29) is 17.7 Å². The van der Waals surface area contributed by atoms with Gasteiger partial charge in [0, 0.05) is 24.7 Å². The molecule has 1 aliphatic heterocycles. The number of rotatable bonds is 3. The van der Waals surface area contributed by atoms with Gasteiger partial charge in [-0.25, -0.2) is 0 Å². The van der Waals surface area contributed by atoms with Crippen LogP contribution in [-0.4, -0.2) is 24.4 Å². The lowest BCUT2D eigenvalue weighted by Gasteiger charge is -2.23. The summed E-state index contributed by atoms with van der Waals surface area (Å²) in [5.74, 6) is -0.106. The van der Waals surface area contributed by atoms with Crippen LogP contribution in [0.3, 0.4) is 0 Å². The topological polar surface area (TPSA) is 49.4 Å². The summed E-state index contributed by atoms with van der Waals surface area (Å²) < 4.78 is 0. The highest BCUT2D eigenvalue weighted by Crippen LogP contribution is 2.26. The molecule has 130 valence electrons. The van der Waals surface area contributed by atoms with Crippen LogP contribution in [0.4, 0.5) is 5.69 Å². The van der Waals surface area contributed by atoms with Crippen molar-refractivity contribution in [1.82, 2.24) is 5.32 Å². The molecule has 1 atom stereocenters. The first kappa shape index (κ1) is 17.0. The van der Waals surface area contributed by atoms with Gasteiger partial charge in [0.25, 0.3) is 0 Å². The van der Waals surface area contributed by atoms with Crippen molar-refractivity contribution in [1.29, 1.82) is 0 Å². The minimum Gasteiger partial charge on any atom is -0.353 e. The van der Waals surface area contributed by atoms with Crippen molar-refractivity contribution in [2.24, 2.45) is 5.92 Å². The van der Waals surface area contributed by atoms with Gasteiger partial charge in [0.2, 0.25) is 11.8 Å². The first-order valence-electron chi connectivity index (χ1n) is 9.31. The summed E-state index contributed by atoms with van der Waals surface area (Å²) in [7, 11) is 0. The minimum absolute atomic E-state index is 0.0541. The van der Waals surface area contributed by atoms with Crippen molar-refractivity contribution in [3.8, 4) is 0 Å². The largest absolute Gasteiger partial charge is 0.353 e. The fourth-order valence-corrected chi connectivity index (χ4v) is 3.85. The third-order valence-corrected chi connectivity index (χ3v) is 5.26. The average molecular weight is 328 g/mol. The predicted molar refractivity (Wildman–Crippen MR) is 95.9 cm³/mol. The van der Waals surface area contributed by atoms with Crippen LogP contribution in [0.2, 0.25) is 0 Å². The van der Waals surface area contributed by atoms with E-state index in [1.54, 1.807) is 4.90 Å². The summed E-state index contributed by atoms with van der Waals surface area (Å²) in [4.78, 5) is 26.7. The molecule has 2 amide bonds. The molecule has 2 fully saturated rings. The zero-order chi connectivity index (χ0) is 16.9. The molecule has 3 rings (SSSR count). The second kappa shape index (κ2) is 7.82. The quantitative estimate of drug-likeness (QED) is 0.922. The molecule has 1 aromatic rings. The van der Waals surface area contributed by atoms with E-state index in [0.717, 1.165) is 24.1 Å². The first-order valence-corrected chi connectivity index (χ1v) is 9.31. The number of aryl methyl sites for hydroxylation is 1. The fourth-order valence-electron chi connectivity index (χ4n) is 3.85. The van der Waals surface area contributed by atoms with Crippen LogP contribution < -0.4 is 10.2 Å². The maximum Gasteiger partial charge on any atom is 0.227 e. The number of benzene rings is 1. The van der Waals surface area contributed by atoms with Gasteiger partial charge in [-0.2, -0.15) is 0 Å². The van der Waals surface area contributed by atoms with Gasteiger partial charge in [0.15, 0.2) is 0 Å². The molecule has 1 saturated carbocycles. The molecule has 0 bridgehead atoms. The molecule has 0 aromatic heterocycles. The Bertz CT molecular complexity index is 591. The summed E-state index contributed by atoms with van der Waals surface area (Å²) in [6.07, 6.45) is 8.75. The third-order valence-electron chi connectivity index (χ3n) is 5.26. The van der Waals surface area contributed by atoms with E-state index in [4.69, 9.17) is 0 Å². The Hall–Kier alpha value is -1.84. The smallest absolute Gasteiger partial charge is 0.227 e. The highest BCUT2D eigenvalue weighted by atomic mass is 16.2. The molecule has 1 N–H and O–H groups in total. The van der Waals surface area contributed by atoms with Crippen LogP contribution in [0.15, 0.2) is 24.3 Å². The van der Waals surface area contributed by atoms with E-state index in [0.29, 0.717) is 19.0 Å². The van der Waals surface area contributed by atoms with Gasteiger partial charge in [0.1, 0.15) is 0 Å². The molecular formula is C20H28N2O2. The molecule has 1 aromatic carbocycles. The average Bonchev–Trinajstić information content (AvgIpc) is 2.92. The highest BCUT2D eigenvalue weighted by molar-refractivity contribution is 6.00. The molecule has 2 aliphatic rings. The van der Waals surface area contributed by atoms with Crippen LogP contribution in [0.1, 0.15) is 56.9 Å². The Labute approximate surface area is 144 Å². The van der Waals surface area contributed by atoms with E-state index < -0.39 is 0 Å². The number of hydrogen-bond donors (Lipinski definition) is 1. The lowest BCUT2D eigenvalue weighted by atomic mass is 9.96. The van der Waals surface area contributed by atoms with E-state index >= 15 is 0 Å². The van der Waals surface area contributed by atoms with Crippen molar-refractivity contribution in [2.45, 2.75) is 64.3 Å².